The van der Waals surface area contributed by atoms with Crippen LogP contribution in [0, 0.1) is 5.92 Å². The summed E-state index contributed by atoms with van der Waals surface area (Å²) in [5, 5.41) is 9.25. The maximum atomic E-state index is 9.25. The molecule has 2 atom stereocenters. The van der Waals surface area contributed by atoms with E-state index in [2.05, 4.69) is 13.0 Å². The van der Waals surface area contributed by atoms with Crippen LogP contribution in [0.25, 0.3) is 0 Å². The summed E-state index contributed by atoms with van der Waals surface area (Å²) in [7, 11) is 0. The molecule has 0 aromatic rings. The molecule has 1 unspecified atom stereocenters. The molecular formula is C9H14O. The molecule has 0 aliphatic heterocycles. The Kier molecular flexibility index (Phi) is 2.28. The molecule has 0 heterocycles. The van der Waals surface area contributed by atoms with Crippen LogP contribution in [0.1, 0.15) is 20.3 Å². The van der Waals surface area contributed by atoms with Crippen molar-refractivity contribution in [3.63, 3.8) is 0 Å². The maximum Gasteiger partial charge on any atom is 0.0727 e. The fraction of sp³-hybridized carbons (Fsp3) is 0.556. The minimum Gasteiger partial charge on any atom is -0.389 e. The van der Waals surface area contributed by atoms with Gasteiger partial charge in [0.05, 0.1) is 6.10 Å². The lowest BCUT2D eigenvalue weighted by atomic mass is 9.90. The van der Waals surface area contributed by atoms with Crippen LogP contribution in [0.3, 0.4) is 0 Å². The van der Waals surface area contributed by atoms with Crippen molar-refractivity contribution in [1.82, 2.24) is 0 Å². The van der Waals surface area contributed by atoms with E-state index in [9.17, 15) is 5.11 Å². The van der Waals surface area contributed by atoms with Crippen LogP contribution in [0.5, 0.6) is 0 Å². The predicted octanol–water partition coefficient (Wildman–Crippen LogP) is 1.89. The molecule has 10 heavy (non-hydrogen) atoms. The van der Waals surface area contributed by atoms with Gasteiger partial charge in [-0.05, 0) is 24.8 Å². The summed E-state index contributed by atoms with van der Waals surface area (Å²) in [6, 6.07) is 0. The maximum absolute atomic E-state index is 9.25. The molecule has 0 aromatic carbocycles. The van der Waals surface area contributed by atoms with Gasteiger partial charge in [0.15, 0.2) is 0 Å². The Morgan fingerprint density at radius 3 is 2.80 bits per heavy atom. The standard InChI is InChI=1S/C9H14O/c1-7-5-3-4-6-9(7)8(2)10/h3-4,6-8,10H,5H2,1-2H3/t7?,8-/m0/s1. The van der Waals surface area contributed by atoms with Crippen LogP contribution in [0.2, 0.25) is 0 Å². The number of aliphatic hydroxyl groups excluding tert-OH is 1. The quantitative estimate of drug-likeness (QED) is 0.586. The van der Waals surface area contributed by atoms with Gasteiger partial charge in [0.25, 0.3) is 0 Å². The first-order chi connectivity index (χ1) is 4.72. The van der Waals surface area contributed by atoms with E-state index in [4.69, 9.17) is 0 Å². The largest absolute Gasteiger partial charge is 0.389 e. The van der Waals surface area contributed by atoms with Crippen molar-refractivity contribution in [2.24, 2.45) is 5.92 Å². The molecule has 1 aliphatic carbocycles. The minimum absolute atomic E-state index is 0.278. The zero-order valence-electron chi connectivity index (χ0n) is 6.54. The second kappa shape index (κ2) is 3.02. The number of hydrogen-bond donors (Lipinski definition) is 1. The van der Waals surface area contributed by atoms with E-state index < -0.39 is 0 Å². The van der Waals surface area contributed by atoms with Gasteiger partial charge in [-0.1, -0.05) is 25.2 Å². The summed E-state index contributed by atoms with van der Waals surface area (Å²) < 4.78 is 0. The third kappa shape index (κ3) is 1.48. The van der Waals surface area contributed by atoms with Crippen LogP contribution in [-0.4, -0.2) is 11.2 Å². The Hall–Kier alpha value is -0.560. The molecule has 1 rings (SSSR count). The summed E-state index contributed by atoms with van der Waals surface area (Å²) in [4.78, 5) is 0. The zero-order valence-corrected chi connectivity index (χ0v) is 6.54. The molecule has 0 amide bonds. The molecular weight excluding hydrogens is 124 g/mol. The lowest BCUT2D eigenvalue weighted by Gasteiger charge is -2.19. The molecule has 1 N–H and O–H groups in total. The van der Waals surface area contributed by atoms with Gasteiger partial charge in [-0.15, -0.1) is 0 Å². The van der Waals surface area contributed by atoms with Gasteiger partial charge >= 0.3 is 0 Å². The van der Waals surface area contributed by atoms with Gasteiger partial charge in [0.2, 0.25) is 0 Å². The highest BCUT2D eigenvalue weighted by atomic mass is 16.3. The fourth-order valence-electron chi connectivity index (χ4n) is 1.31. The molecule has 56 valence electrons. The highest BCUT2D eigenvalue weighted by molar-refractivity contribution is 5.22. The molecule has 1 aliphatic rings. The predicted molar refractivity (Wildman–Crippen MR) is 42.7 cm³/mol. The SMILES string of the molecule is CC1CC=CC=C1[C@H](C)O. The van der Waals surface area contributed by atoms with Crippen LogP contribution in [0.4, 0.5) is 0 Å². The summed E-state index contributed by atoms with van der Waals surface area (Å²) in [5.74, 6) is 0.519. The van der Waals surface area contributed by atoms with Gasteiger partial charge in [0.1, 0.15) is 0 Å². The van der Waals surface area contributed by atoms with E-state index >= 15 is 0 Å². The summed E-state index contributed by atoms with van der Waals surface area (Å²) in [6.45, 7) is 3.96. The van der Waals surface area contributed by atoms with Crippen LogP contribution >= 0.6 is 0 Å². The first-order valence-corrected chi connectivity index (χ1v) is 3.76. The van der Waals surface area contributed by atoms with Gasteiger partial charge < -0.3 is 5.11 Å². The van der Waals surface area contributed by atoms with Gasteiger partial charge in [-0.3, -0.25) is 0 Å². The van der Waals surface area contributed by atoms with Crippen LogP contribution < -0.4 is 0 Å². The zero-order chi connectivity index (χ0) is 7.56. The second-order valence-corrected chi connectivity index (χ2v) is 2.91. The van der Waals surface area contributed by atoms with Crippen LogP contribution in [-0.2, 0) is 0 Å². The van der Waals surface area contributed by atoms with E-state index in [1.807, 2.05) is 19.1 Å². The molecule has 0 fully saturated rings. The number of allylic oxidation sites excluding steroid dienone is 3. The third-order valence-corrected chi connectivity index (χ3v) is 1.97. The lowest BCUT2D eigenvalue weighted by molar-refractivity contribution is 0.218. The first-order valence-electron chi connectivity index (χ1n) is 3.76. The summed E-state index contributed by atoms with van der Waals surface area (Å²) in [5.41, 5.74) is 1.16. The fourth-order valence-corrected chi connectivity index (χ4v) is 1.31. The molecule has 0 bridgehead atoms. The number of rotatable bonds is 1. The Morgan fingerprint density at radius 1 is 1.70 bits per heavy atom. The Bertz CT molecular complexity index is 166. The van der Waals surface area contributed by atoms with Gasteiger partial charge in [-0.2, -0.15) is 0 Å². The molecule has 0 radical (unpaired) electrons. The molecule has 0 saturated heterocycles. The van der Waals surface area contributed by atoms with Gasteiger partial charge in [-0.25, -0.2) is 0 Å². The summed E-state index contributed by atoms with van der Waals surface area (Å²) in [6.07, 6.45) is 6.95. The minimum atomic E-state index is -0.278. The van der Waals surface area contributed by atoms with Gasteiger partial charge in [0, 0.05) is 0 Å². The van der Waals surface area contributed by atoms with Crippen molar-refractivity contribution in [3.8, 4) is 0 Å². The first kappa shape index (κ1) is 7.55. The third-order valence-electron chi connectivity index (χ3n) is 1.97. The Labute approximate surface area is 62.1 Å². The highest BCUT2D eigenvalue weighted by Crippen LogP contribution is 2.22. The van der Waals surface area contributed by atoms with Crippen molar-refractivity contribution < 1.29 is 5.11 Å². The smallest absolute Gasteiger partial charge is 0.0727 e. The van der Waals surface area contributed by atoms with E-state index in [1.54, 1.807) is 0 Å². The molecule has 0 aromatic heterocycles. The van der Waals surface area contributed by atoms with E-state index in [0.717, 1.165) is 12.0 Å². The average molecular weight is 138 g/mol. The highest BCUT2D eigenvalue weighted by Gasteiger charge is 2.13. The monoisotopic (exact) mass is 138 g/mol. The van der Waals surface area contributed by atoms with E-state index in [-0.39, 0.29) is 6.10 Å². The number of aliphatic hydroxyl groups is 1. The van der Waals surface area contributed by atoms with Crippen molar-refractivity contribution in [2.75, 3.05) is 0 Å². The topological polar surface area (TPSA) is 20.2 Å². The average Bonchev–Trinajstić information content (AvgIpc) is 1.88. The van der Waals surface area contributed by atoms with Crippen LogP contribution in [0.15, 0.2) is 23.8 Å². The molecule has 1 nitrogen and oxygen atoms in total. The van der Waals surface area contributed by atoms with Crippen molar-refractivity contribution in [1.29, 1.82) is 0 Å². The van der Waals surface area contributed by atoms with E-state index in [1.165, 1.54) is 0 Å². The lowest BCUT2D eigenvalue weighted by Crippen LogP contribution is -2.13. The summed E-state index contributed by atoms with van der Waals surface area (Å²) >= 11 is 0. The van der Waals surface area contributed by atoms with E-state index in [0.29, 0.717) is 5.92 Å². The van der Waals surface area contributed by atoms with Crippen molar-refractivity contribution in [2.45, 2.75) is 26.4 Å². The molecule has 0 spiro atoms. The number of hydrogen-bond acceptors (Lipinski definition) is 1. The van der Waals surface area contributed by atoms with Crippen molar-refractivity contribution >= 4 is 0 Å². The molecule has 1 heteroatoms. The normalized spacial score (nSPS) is 27.9. The Morgan fingerprint density at radius 2 is 2.40 bits per heavy atom. The Balaban J connectivity index is 2.70. The molecule has 0 saturated carbocycles. The second-order valence-electron chi connectivity index (χ2n) is 2.91. The van der Waals surface area contributed by atoms with Crippen molar-refractivity contribution in [3.05, 3.63) is 23.8 Å².